The van der Waals surface area contributed by atoms with E-state index in [0.717, 1.165) is 11.3 Å². The molecule has 25 heavy (non-hydrogen) atoms. The molecule has 0 aromatic heterocycles. The van der Waals surface area contributed by atoms with Crippen molar-refractivity contribution >= 4 is 17.5 Å². The Bertz CT molecular complexity index is 749. The third-order valence-corrected chi connectivity index (χ3v) is 4.10. The van der Waals surface area contributed by atoms with Gasteiger partial charge in [0.25, 0.3) is 0 Å². The van der Waals surface area contributed by atoms with Crippen LogP contribution < -0.4 is 20.3 Å². The third kappa shape index (κ3) is 4.16. The van der Waals surface area contributed by atoms with E-state index in [-0.39, 0.29) is 25.0 Å². The van der Waals surface area contributed by atoms with Crippen LogP contribution >= 0.6 is 0 Å². The number of para-hydroxylation sites is 2. The molecule has 2 amide bonds. The van der Waals surface area contributed by atoms with E-state index in [1.807, 2.05) is 54.6 Å². The number of nitrogens with zero attached hydrogens (tertiary/aromatic N) is 1. The summed E-state index contributed by atoms with van der Waals surface area (Å²) in [5, 5.41) is 5.81. The number of likely N-dealkylation sites (N-methyl/N-ethyl adjacent to an activating group) is 1. The van der Waals surface area contributed by atoms with Crippen LogP contribution in [-0.2, 0) is 16.1 Å². The molecule has 0 spiro atoms. The number of rotatable bonds is 5. The second-order valence-electron chi connectivity index (χ2n) is 5.87. The minimum Gasteiger partial charge on any atom is -0.489 e. The Morgan fingerprint density at radius 2 is 1.88 bits per heavy atom. The van der Waals surface area contributed by atoms with Crippen LogP contribution in [0, 0.1) is 0 Å². The van der Waals surface area contributed by atoms with Gasteiger partial charge in [0.05, 0.1) is 12.2 Å². The van der Waals surface area contributed by atoms with E-state index in [1.165, 1.54) is 0 Å². The fourth-order valence-electron chi connectivity index (χ4n) is 2.67. The largest absolute Gasteiger partial charge is 0.489 e. The maximum Gasteiger partial charge on any atom is 0.247 e. The average molecular weight is 339 g/mol. The number of carbonyl (C=O) groups is 2. The molecule has 0 saturated heterocycles. The summed E-state index contributed by atoms with van der Waals surface area (Å²) < 4.78 is 5.71. The van der Waals surface area contributed by atoms with Crippen LogP contribution in [0.1, 0.15) is 5.56 Å². The molecule has 1 aliphatic heterocycles. The van der Waals surface area contributed by atoms with Crippen molar-refractivity contribution in [3.63, 3.8) is 0 Å². The van der Waals surface area contributed by atoms with E-state index in [4.69, 9.17) is 4.74 Å². The lowest BCUT2D eigenvalue weighted by Crippen LogP contribution is -2.49. The molecule has 0 fully saturated rings. The summed E-state index contributed by atoms with van der Waals surface area (Å²) in [6.07, 6.45) is 0. The number of fused-ring (bicyclic) bond motifs is 1. The first kappa shape index (κ1) is 17.0. The Kier molecular flexibility index (Phi) is 5.30. The molecule has 1 aliphatic rings. The van der Waals surface area contributed by atoms with Gasteiger partial charge in [0.1, 0.15) is 18.4 Å². The topological polar surface area (TPSA) is 70.7 Å². The van der Waals surface area contributed by atoms with Crippen molar-refractivity contribution < 1.29 is 14.3 Å². The Hall–Kier alpha value is -2.86. The lowest BCUT2D eigenvalue weighted by atomic mass is 10.2. The predicted molar refractivity (Wildman–Crippen MR) is 95.4 cm³/mol. The van der Waals surface area contributed by atoms with E-state index in [2.05, 4.69) is 10.6 Å². The number of ether oxygens (including phenoxy) is 1. The smallest absolute Gasteiger partial charge is 0.247 e. The summed E-state index contributed by atoms with van der Waals surface area (Å²) in [5.74, 6) is 0.373. The lowest BCUT2D eigenvalue weighted by Gasteiger charge is -2.20. The summed E-state index contributed by atoms with van der Waals surface area (Å²) in [6.45, 7) is 0.699. The zero-order chi connectivity index (χ0) is 17.6. The fourth-order valence-corrected chi connectivity index (χ4v) is 2.67. The van der Waals surface area contributed by atoms with Gasteiger partial charge in [0.15, 0.2) is 0 Å². The first-order valence-electron chi connectivity index (χ1n) is 8.18. The Balaban J connectivity index is 1.53. The van der Waals surface area contributed by atoms with Gasteiger partial charge in [0, 0.05) is 13.6 Å². The third-order valence-electron chi connectivity index (χ3n) is 4.10. The molecule has 0 saturated carbocycles. The number of hydrogen-bond donors (Lipinski definition) is 2. The minimum atomic E-state index is -0.570. The number of carbonyl (C=O) groups excluding carboxylic acids is 2. The van der Waals surface area contributed by atoms with Crippen LogP contribution in [-0.4, -0.2) is 38.1 Å². The highest BCUT2D eigenvalue weighted by molar-refractivity contribution is 5.99. The van der Waals surface area contributed by atoms with E-state index >= 15 is 0 Å². The monoisotopic (exact) mass is 339 g/mol. The van der Waals surface area contributed by atoms with Crippen molar-refractivity contribution in [2.45, 2.75) is 12.6 Å². The second kappa shape index (κ2) is 7.81. The molecule has 3 rings (SSSR count). The van der Waals surface area contributed by atoms with Crippen molar-refractivity contribution in [1.82, 2.24) is 10.6 Å². The molecule has 1 atom stereocenters. The van der Waals surface area contributed by atoms with E-state index < -0.39 is 6.04 Å². The van der Waals surface area contributed by atoms with Gasteiger partial charge in [-0.15, -0.1) is 0 Å². The van der Waals surface area contributed by atoms with E-state index in [1.54, 1.807) is 11.9 Å². The molecule has 2 N–H and O–H groups in total. The number of amides is 2. The van der Waals surface area contributed by atoms with Crippen molar-refractivity contribution in [2.24, 2.45) is 0 Å². The van der Waals surface area contributed by atoms with Crippen LogP contribution in [0.4, 0.5) is 5.69 Å². The maximum absolute atomic E-state index is 12.6. The number of nitrogens with one attached hydrogen (secondary N) is 2. The minimum absolute atomic E-state index is 0.0524. The van der Waals surface area contributed by atoms with Crippen molar-refractivity contribution in [1.29, 1.82) is 0 Å². The highest BCUT2D eigenvalue weighted by Crippen LogP contribution is 2.29. The molecule has 6 heteroatoms. The van der Waals surface area contributed by atoms with Gasteiger partial charge in [0.2, 0.25) is 11.8 Å². The standard InChI is InChI=1S/C19H21N3O3/c1-22-16-9-5-6-10-17(16)25-13-15(19(22)24)20-12-18(23)21-11-14-7-3-2-4-8-14/h2-10,15,20H,11-13H2,1H3,(H,21,23). The molecule has 0 aliphatic carbocycles. The maximum atomic E-state index is 12.6. The average Bonchev–Trinajstić information content (AvgIpc) is 2.77. The SMILES string of the molecule is CN1C(=O)C(NCC(=O)NCc2ccccc2)COc2ccccc21. The predicted octanol–water partition coefficient (Wildman–Crippen LogP) is 1.32. The van der Waals surface area contributed by atoms with Crippen LogP contribution in [0.25, 0.3) is 0 Å². The highest BCUT2D eigenvalue weighted by Gasteiger charge is 2.29. The van der Waals surface area contributed by atoms with Crippen LogP contribution in [0.3, 0.4) is 0 Å². The van der Waals surface area contributed by atoms with Gasteiger partial charge in [-0.05, 0) is 17.7 Å². The zero-order valence-corrected chi connectivity index (χ0v) is 14.1. The number of benzene rings is 2. The number of hydrogen-bond acceptors (Lipinski definition) is 4. The first-order chi connectivity index (χ1) is 12.1. The summed E-state index contributed by atoms with van der Waals surface area (Å²) in [6, 6.07) is 16.5. The molecule has 1 heterocycles. The van der Waals surface area contributed by atoms with Crippen LogP contribution in [0.5, 0.6) is 5.75 Å². The van der Waals surface area contributed by atoms with Crippen molar-refractivity contribution in [3.8, 4) is 5.75 Å². The van der Waals surface area contributed by atoms with Gasteiger partial charge in [-0.3, -0.25) is 14.9 Å². The van der Waals surface area contributed by atoms with E-state index in [0.29, 0.717) is 12.3 Å². The summed E-state index contributed by atoms with van der Waals surface area (Å²) in [5.41, 5.74) is 1.75. The second-order valence-corrected chi connectivity index (χ2v) is 5.87. The lowest BCUT2D eigenvalue weighted by molar-refractivity contribution is -0.122. The first-order valence-corrected chi connectivity index (χ1v) is 8.18. The quantitative estimate of drug-likeness (QED) is 0.862. The molecule has 6 nitrogen and oxygen atoms in total. The Morgan fingerprint density at radius 1 is 1.16 bits per heavy atom. The molecule has 1 unspecified atom stereocenters. The fraction of sp³-hybridized carbons (Fsp3) is 0.263. The molecule has 130 valence electrons. The van der Waals surface area contributed by atoms with Crippen LogP contribution in [0.15, 0.2) is 54.6 Å². The normalized spacial score (nSPS) is 16.6. The molecular formula is C19H21N3O3. The van der Waals surface area contributed by atoms with Gasteiger partial charge >= 0.3 is 0 Å². The molecule has 0 bridgehead atoms. The van der Waals surface area contributed by atoms with Gasteiger partial charge in [-0.2, -0.15) is 0 Å². The van der Waals surface area contributed by atoms with Crippen molar-refractivity contribution in [3.05, 3.63) is 60.2 Å². The Labute approximate surface area is 146 Å². The van der Waals surface area contributed by atoms with E-state index in [9.17, 15) is 9.59 Å². The van der Waals surface area contributed by atoms with Gasteiger partial charge < -0.3 is 15.0 Å². The molecule has 2 aromatic rings. The van der Waals surface area contributed by atoms with Crippen LogP contribution in [0.2, 0.25) is 0 Å². The van der Waals surface area contributed by atoms with Gasteiger partial charge in [-0.1, -0.05) is 42.5 Å². The molecule has 2 aromatic carbocycles. The highest BCUT2D eigenvalue weighted by atomic mass is 16.5. The molecular weight excluding hydrogens is 318 g/mol. The van der Waals surface area contributed by atoms with Gasteiger partial charge in [-0.25, -0.2) is 0 Å². The zero-order valence-electron chi connectivity index (χ0n) is 14.1. The van der Waals surface area contributed by atoms with Crippen molar-refractivity contribution in [2.75, 3.05) is 25.1 Å². The molecule has 0 radical (unpaired) electrons. The number of anilines is 1. The Morgan fingerprint density at radius 3 is 2.68 bits per heavy atom. The summed E-state index contributed by atoms with van der Waals surface area (Å²) >= 11 is 0. The summed E-state index contributed by atoms with van der Waals surface area (Å²) in [7, 11) is 1.71. The summed E-state index contributed by atoms with van der Waals surface area (Å²) in [4.78, 5) is 26.1.